The minimum atomic E-state index is -1.13. The predicted molar refractivity (Wildman–Crippen MR) is 98.9 cm³/mol. The summed E-state index contributed by atoms with van der Waals surface area (Å²) < 4.78 is 5.37. The lowest BCUT2D eigenvalue weighted by molar-refractivity contribution is -0.384. The molecule has 10 nitrogen and oxygen atoms in total. The lowest BCUT2D eigenvalue weighted by atomic mass is 9.85. The molecule has 0 bridgehead atoms. The van der Waals surface area contributed by atoms with Gasteiger partial charge in [-0.25, -0.2) is 9.59 Å². The molecule has 28 heavy (non-hydrogen) atoms. The van der Waals surface area contributed by atoms with Crippen molar-refractivity contribution in [3.8, 4) is 0 Å². The summed E-state index contributed by atoms with van der Waals surface area (Å²) in [6, 6.07) is 4.88. The number of piperidine rings is 1. The van der Waals surface area contributed by atoms with Crippen LogP contribution in [0.15, 0.2) is 24.3 Å². The van der Waals surface area contributed by atoms with Crippen molar-refractivity contribution >= 4 is 29.4 Å². The van der Waals surface area contributed by atoms with Gasteiger partial charge in [-0.15, -0.1) is 0 Å². The fourth-order valence-electron chi connectivity index (χ4n) is 3.49. The number of anilines is 1. The largest absolute Gasteiger partial charge is 0.444 e. The van der Waals surface area contributed by atoms with Crippen LogP contribution in [0.25, 0.3) is 0 Å². The van der Waals surface area contributed by atoms with Crippen LogP contribution in [-0.4, -0.2) is 52.1 Å². The zero-order valence-electron chi connectivity index (χ0n) is 15.9. The van der Waals surface area contributed by atoms with E-state index in [1.807, 2.05) is 0 Å². The van der Waals surface area contributed by atoms with Gasteiger partial charge in [-0.2, -0.15) is 0 Å². The van der Waals surface area contributed by atoms with Gasteiger partial charge in [0.15, 0.2) is 0 Å². The topological polar surface area (TPSA) is 122 Å². The summed E-state index contributed by atoms with van der Waals surface area (Å²) in [4.78, 5) is 50.5. The number of imide groups is 1. The molecule has 0 radical (unpaired) electrons. The van der Waals surface area contributed by atoms with Gasteiger partial charge in [0.2, 0.25) is 0 Å². The lowest BCUT2D eigenvalue weighted by Crippen LogP contribution is -2.58. The molecule has 3 rings (SSSR count). The molecule has 2 saturated heterocycles. The number of nitrogens with one attached hydrogen (secondary N) is 1. The van der Waals surface area contributed by atoms with Crippen LogP contribution in [0.5, 0.6) is 0 Å². The summed E-state index contributed by atoms with van der Waals surface area (Å²) in [5.41, 5.74) is -1.48. The number of likely N-dealkylation sites (tertiary alicyclic amines) is 1. The molecule has 1 spiro atoms. The third kappa shape index (κ3) is 3.49. The van der Waals surface area contributed by atoms with Crippen molar-refractivity contribution in [1.82, 2.24) is 10.2 Å². The second-order valence-electron chi connectivity index (χ2n) is 7.87. The Morgan fingerprint density at radius 2 is 1.75 bits per heavy atom. The molecule has 2 aliphatic heterocycles. The molecule has 2 fully saturated rings. The van der Waals surface area contributed by atoms with E-state index in [4.69, 9.17) is 4.74 Å². The summed E-state index contributed by atoms with van der Waals surface area (Å²) in [5.74, 6) is -0.431. The Morgan fingerprint density at radius 3 is 2.25 bits per heavy atom. The third-order valence-corrected chi connectivity index (χ3v) is 4.84. The van der Waals surface area contributed by atoms with Crippen LogP contribution < -0.4 is 10.2 Å². The highest BCUT2D eigenvalue weighted by Crippen LogP contribution is 2.38. The molecule has 4 amide bonds. The zero-order valence-corrected chi connectivity index (χ0v) is 15.9. The van der Waals surface area contributed by atoms with E-state index in [1.54, 1.807) is 20.8 Å². The highest BCUT2D eigenvalue weighted by Gasteiger charge is 2.55. The van der Waals surface area contributed by atoms with Crippen molar-refractivity contribution in [3.05, 3.63) is 34.4 Å². The van der Waals surface area contributed by atoms with Gasteiger partial charge in [0.05, 0.1) is 4.92 Å². The van der Waals surface area contributed by atoms with Crippen LogP contribution in [0.1, 0.15) is 33.6 Å². The molecule has 1 aromatic carbocycles. The molecule has 0 aliphatic carbocycles. The normalized spacial score (nSPS) is 19.0. The standard InChI is InChI=1S/C18H22N4O6/c1-17(2,3)28-16(25)20-10-8-18(9-11-20)14(23)19-15(24)21(18)12-4-6-13(7-5-12)22(26)27/h4-7H,8-11H2,1-3H3,(H,19,23,24). The lowest BCUT2D eigenvalue weighted by Gasteiger charge is -2.42. The number of nitro benzene ring substituents is 1. The van der Waals surface area contributed by atoms with Crippen LogP contribution in [0.4, 0.5) is 21.0 Å². The Kier molecular flexibility index (Phi) is 4.74. The Hall–Kier alpha value is -3.17. The van der Waals surface area contributed by atoms with Crippen molar-refractivity contribution in [2.75, 3.05) is 18.0 Å². The molecular weight excluding hydrogens is 368 g/mol. The fourth-order valence-corrected chi connectivity index (χ4v) is 3.49. The molecule has 10 heteroatoms. The molecule has 150 valence electrons. The van der Waals surface area contributed by atoms with E-state index in [1.165, 1.54) is 34.1 Å². The number of hydrogen-bond donors (Lipinski definition) is 1. The number of rotatable bonds is 2. The van der Waals surface area contributed by atoms with Gasteiger partial charge in [0, 0.05) is 30.9 Å². The van der Waals surface area contributed by atoms with Crippen molar-refractivity contribution in [3.63, 3.8) is 0 Å². The maximum absolute atomic E-state index is 12.6. The van der Waals surface area contributed by atoms with Crippen LogP contribution >= 0.6 is 0 Å². The molecule has 2 heterocycles. The molecule has 0 aromatic heterocycles. The minimum Gasteiger partial charge on any atom is -0.444 e. The predicted octanol–water partition coefficient (Wildman–Crippen LogP) is 2.42. The van der Waals surface area contributed by atoms with Gasteiger partial charge in [-0.05, 0) is 45.7 Å². The first kappa shape index (κ1) is 19.6. The van der Waals surface area contributed by atoms with Gasteiger partial charge in [0.1, 0.15) is 11.1 Å². The molecule has 0 atom stereocenters. The van der Waals surface area contributed by atoms with E-state index >= 15 is 0 Å². The number of hydrogen-bond acceptors (Lipinski definition) is 6. The van der Waals surface area contributed by atoms with Crippen LogP contribution in [-0.2, 0) is 9.53 Å². The smallest absolute Gasteiger partial charge is 0.410 e. The molecule has 2 aliphatic rings. The number of amides is 4. The van der Waals surface area contributed by atoms with E-state index in [-0.39, 0.29) is 31.6 Å². The number of carbonyl (C=O) groups excluding carboxylic acids is 3. The summed E-state index contributed by atoms with van der Waals surface area (Å²) >= 11 is 0. The number of non-ortho nitro benzene ring substituents is 1. The number of urea groups is 1. The first-order chi connectivity index (χ1) is 13.0. The second-order valence-corrected chi connectivity index (χ2v) is 7.87. The highest BCUT2D eigenvalue weighted by molar-refractivity contribution is 6.17. The monoisotopic (exact) mass is 390 g/mol. The number of carbonyl (C=O) groups is 3. The molecule has 1 N–H and O–H groups in total. The van der Waals surface area contributed by atoms with Crippen molar-refractivity contribution in [2.24, 2.45) is 0 Å². The first-order valence-corrected chi connectivity index (χ1v) is 8.91. The van der Waals surface area contributed by atoms with E-state index in [2.05, 4.69) is 5.32 Å². The van der Waals surface area contributed by atoms with Gasteiger partial charge < -0.3 is 9.64 Å². The maximum Gasteiger partial charge on any atom is 0.410 e. The average molecular weight is 390 g/mol. The van der Waals surface area contributed by atoms with Crippen LogP contribution in [0.2, 0.25) is 0 Å². The van der Waals surface area contributed by atoms with Crippen LogP contribution in [0, 0.1) is 10.1 Å². The Bertz CT molecular complexity index is 821. The molecule has 0 unspecified atom stereocenters. The van der Waals surface area contributed by atoms with Crippen LogP contribution in [0.3, 0.4) is 0 Å². The summed E-state index contributed by atoms with van der Waals surface area (Å²) in [7, 11) is 0. The average Bonchev–Trinajstić information content (AvgIpc) is 2.84. The van der Waals surface area contributed by atoms with E-state index < -0.39 is 34.1 Å². The van der Waals surface area contributed by atoms with Crippen molar-refractivity contribution in [1.29, 1.82) is 0 Å². The number of ether oxygens (including phenoxy) is 1. The number of nitro groups is 1. The van der Waals surface area contributed by atoms with Gasteiger partial charge in [0.25, 0.3) is 11.6 Å². The van der Waals surface area contributed by atoms with Gasteiger partial charge in [-0.1, -0.05) is 0 Å². The van der Waals surface area contributed by atoms with Gasteiger partial charge in [-0.3, -0.25) is 25.1 Å². The number of nitrogens with zero attached hydrogens (tertiary/aromatic N) is 3. The fraction of sp³-hybridized carbons (Fsp3) is 0.500. The highest BCUT2D eigenvalue weighted by atomic mass is 16.6. The third-order valence-electron chi connectivity index (χ3n) is 4.84. The molecule has 1 aromatic rings. The Labute approximate surface area is 161 Å². The second kappa shape index (κ2) is 6.77. The summed E-state index contributed by atoms with van der Waals surface area (Å²) in [5, 5.41) is 13.2. The zero-order chi connectivity index (χ0) is 20.7. The molecule has 0 saturated carbocycles. The minimum absolute atomic E-state index is 0.108. The first-order valence-electron chi connectivity index (χ1n) is 8.91. The summed E-state index contributed by atoms with van der Waals surface area (Å²) in [6.07, 6.45) is 0.00990. The summed E-state index contributed by atoms with van der Waals surface area (Å²) in [6.45, 7) is 5.82. The Morgan fingerprint density at radius 1 is 1.18 bits per heavy atom. The maximum atomic E-state index is 12.6. The quantitative estimate of drug-likeness (QED) is 0.470. The van der Waals surface area contributed by atoms with E-state index in [0.29, 0.717) is 5.69 Å². The SMILES string of the molecule is CC(C)(C)OC(=O)N1CCC2(CC1)C(=O)NC(=O)N2c1ccc([N+](=O)[O-])cc1. The van der Waals surface area contributed by atoms with E-state index in [0.717, 1.165) is 0 Å². The Balaban J connectivity index is 1.81. The van der Waals surface area contributed by atoms with E-state index in [9.17, 15) is 24.5 Å². The number of benzene rings is 1. The van der Waals surface area contributed by atoms with Crippen molar-refractivity contribution in [2.45, 2.75) is 44.8 Å². The van der Waals surface area contributed by atoms with Crippen molar-refractivity contribution < 1.29 is 24.0 Å². The van der Waals surface area contributed by atoms with Gasteiger partial charge >= 0.3 is 12.1 Å². The molecular formula is C18H22N4O6.